The lowest BCUT2D eigenvalue weighted by Crippen LogP contribution is -2.06. The van der Waals surface area contributed by atoms with Crippen LogP contribution in [0.5, 0.6) is 0 Å². The number of hydrogen-bond acceptors (Lipinski definition) is 2. The largest absolute Gasteiger partial charge is 0.327 e. The van der Waals surface area contributed by atoms with Crippen molar-refractivity contribution in [1.29, 1.82) is 0 Å². The van der Waals surface area contributed by atoms with E-state index in [0.29, 0.717) is 18.0 Å². The molecule has 0 bridgehead atoms. The van der Waals surface area contributed by atoms with E-state index >= 15 is 0 Å². The molecule has 2 N–H and O–H groups in total. The molecule has 1 aromatic rings. The van der Waals surface area contributed by atoms with Crippen molar-refractivity contribution in [3.8, 4) is 0 Å². The molecular weight excluding hydrogens is 174 g/mol. The molecule has 0 radical (unpaired) electrons. The number of aromatic nitrogens is 2. The molecule has 0 spiro atoms. The van der Waals surface area contributed by atoms with Crippen molar-refractivity contribution in [3.63, 3.8) is 0 Å². The first-order valence-electron chi connectivity index (χ1n) is 5.33. The van der Waals surface area contributed by atoms with E-state index in [1.54, 1.807) is 0 Å². The molecule has 78 valence electrons. The van der Waals surface area contributed by atoms with Gasteiger partial charge in [-0.15, -0.1) is 0 Å². The minimum atomic E-state index is 0.372. The summed E-state index contributed by atoms with van der Waals surface area (Å²) in [6.07, 6.45) is 1.13. The van der Waals surface area contributed by atoms with Gasteiger partial charge in [0, 0.05) is 29.3 Å². The molecule has 3 heteroatoms. The SMILES string of the molecule is Cc1nn(C(C)C)c(C)c1C1CC1N. The Morgan fingerprint density at radius 1 is 1.43 bits per heavy atom. The third-order valence-corrected chi connectivity index (χ3v) is 3.08. The lowest BCUT2D eigenvalue weighted by atomic mass is 10.1. The second kappa shape index (κ2) is 3.09. The van der Waals surface area contributed by atoms with Crippen LogP contribution in [0.25, 0.3) is 0 Å². The molecule has 1 aliphatic carbocycles. The quantitative estimate of drug-likeness (QED) is 0.779. The molecule has 1 heterocycles. The van der Waals surface area contributed by atoms with Crippen LogP contribution in [0.4, 0.5) is 0 Å². The fourth-order valence-corrected chi connectivity index (χ4v) is 2.26. The first-order valence-corrected chi connectivity index (χ1v) is 5.33. The van der Waals surface area contributed by atoms with Gasteiger partial charge < -0.3 is 5.73 Å². The molecule has 2 rings (SSSR count). The third kappa shape index (κ3) is 1.36. The van der Waals surface area contributed by atoms with Gasteiger partial charge in [-0.1, -0.05) is 0 Å². The highest BCUT2D eigenvalue weighted by atomic mass is 15.3. The van der Waals surface area contributed by atoms with Crippen molar-refractivity contribution in [3.05, 3.63) is 17.0 Å². The maximum absolute atomic E-state index is 5.88. The topological polar surface area (TPSA) is 43.8 Å². The van der Waals surface area contributed by atoms with Crippen molar-refractivity contribution in [2.75, 3.05) is 0 Å². The Labute approximate surface area is 85.3 Å². The molecule has 0 amide bonds. The Hall–Kier alpha value is -0.830. The molecule has 2 unspecified atom stereocenters. The van der Waals surface area contributed by atoms with Crippen molar-refractivity contribution in [2.45, 2.75) is 52.1 Å². The van der Waals surface area contributed by atoms with Crippen LogP contribution in [0, 0.1) is 13.8 Å². The van der Waals surface area contributed by atoms with Gasteiger partial charge >= 0.3 is 0 Å². The molecule has 14 heavy (non-hydrogen) atoms. The van der Waals surface area contributed by atoms with Crippen LogP contribution in [-0.4, -0.2) is 15.8 Å². The fraction of sp³-hybridized carbons (Fsp3) is 0.727. The Bertz CT molecular complexity index is 352. The highest BCUT2D eigenvalue weighted by Gasteiger charge is 2.38. The molecule has 3 nitrogen and oxygen atoms in total. The summed E-state index contributed by atoms with van der Waals surface area (Å²) >= 11 is 0. The molecule has 1 saturated carbocycles. The molecular formula is C11H19N3. The lowest BCUT2D eigenvalue weighted by molar-refractivity contribution is 0.515. The predicted octanol–water partition coefficient (Wildman–Crippen LogP) is 1.90. The molecule has 1 fully saturated rings. The summed E-state index contributed by atoms with van der Waals surface area (Å²) in [5.74, 6) is 0.572. The van der Waals surface area contributed by atoms with E-state index in [0.717, 1.165) is 12.1 Å². The van der Waals surface area contributed by atoms with E-state index < -0.39 is 0 Å². The lowest BCUT2D eigenvalue weighted by Gasteiger charge is -2.08. The summed E-state index contributed by atoms with van der Waals surface area (Å²) in [4.78, 5) is 0. The molecule has 0 aromatic carbocycles. The summed E-state index contributed by atoms with van der Waals surface area (Å²) in [6.45, 7) is 8.57. The van der Waals surface area contributed by atoms with Crippen LogP contribution >= 0.6 is 0 Å². The number of rotatable bonds is 2. The van der Waals surface area contributed by atoms with Gasteiger partial charge in [0.05, 0.1) is 5.69 Å². The first kappa shape index (κ1) is 9.71. The van der Waals surface area contributed by atoms with Gasteiger partial charge in [0.15, 0.2) is 0 Å². The van der Waals surface area contributed by atoms with Gasteiger partial charge in [-0.2, -0.15) is 5.10 Å². The van der Waals surface area contributed by atoms with Crippen LogP contribution in [0.1, 0.15) is 49.2 Å². The van der Waals surface area contributed by atoms with Crippen LogP contribution in [0.2, 0.25) is 0 Å². The van der Waals surface area contributed by atoms with Gasteiger partial charge in [-0.05, 0) is 34.1 Å². The van der Waals surface area contributed by atoms with E-state index in [-0.39, 0.29) is 0 Å². The highest BCUT2D eigenvalue weighted by molar-refractivity contribution is 5.35. The van der Waals surface area contributed by atoms with E-state index in [1.165, 1.54) is 11.3 Å². The van der Waals surface area contributed by atoms with Crippen molar-refractivity contribution < 1.29 is 0 Å². The first-order chi connectivity index (χ1) is 6.52. The van der Waals surface area contributed by atoms with Crippen molar-refractivity contribution >= 4 is 0 Å². The number of nitrogens with two attached hydrogens (primary N) is 1. The maximum atomic E-state index is 5.88. The highest BCUT2D eigenvalue weighted by Crippen LogP contribution is 2.42. The van der Waals surface area contributed by atoms with Gasteiger partial charge in [0.1, 0.15) is 0 Å². The Kier molecular flexibility index (Phi) is 2.14. The predicted molar refractivity (Wildman–Crippen MR) is 57.4 cm³/mol. The minimum Gasteiger partial charge on any atom is -0.327 e. The Balaban J connectivity index is 2.40. The fourth-order valence-electron chi connectivity index (χ4n) is 2.26. The third-order valence-electron chi connectivity index (χ3n) is 3.08. The second-order valence-corrected chi connectivity index (χ2v) is 4.63. The van der Waals surface area contributed by atoms with Crippen LogP contribution in [0.3, 0.4) is 0 Å². The molecule has 1 aromatic heterocycles. The number of hydrogen-bond donors (Lipinski definition) is 1. The second-order valence-electron chi connectivity index (χ2n) is 4.63. The van der Waals surface area contributed by atoms with E-state index in [4.69, 9.17) is 5.73 Å². The van der Waals surface area contributed by atoms with E-state index in [9.17, 15) is 0 Å². The standard InChI is InChI=1S/C11H19N3/c1-6(2)14-8(4)11(7(3)13-14)9-5-10(9)12/h6,9-10H,5,12H2,1-4H3. The smallest absolute Gasteiger partial charge is 0.0632 e. The van der Waals surface area contributed by atoms with Crippen molar-refractivity contribution in [2.24, 2.45) is 5.73 Å². The zero-order valence-corrected chi connectivity index (χ0v) is 9.41. The Morgan fingerprint density at radius 2 is 2.00 bits per heavy atom. The van der Waals surface area contributed by atoms with Crippen molar-refractivity contribution in [1.82, 2.24) is 9.78 Å². The summed E-state index contributed by atoms with van der Waals surface area (Å²) in [6, 6.07) is 0.814. The summed E-state index contributed by atoms with van der Waals surface area (Å²) in [7, 11) is 0. The number of nitrogens with zero attached hydrogens (tertiary/aromatic N) is 2. The molecule has 0 aliphatic heterocycles. The monoisotopic (exact) mass is 193 g/mol. The van der Waals surface area contributed by atoms with Gasteiger partial charge in [0.25, 0.3) is 0 Å². The van der Waals surface area contributed by atoms with Gasteiger partial charge in [-0.25, -0.2) is 0 Å². The zero-order valence-electron chi connectivity index (χ0n) is 9.41. The van der Waals surface area contributed by atoms with Crippen LogP contribution in [0.15, 0.2) is 0 Å². The summed E-state index contributed by atoms with van der Waals surface area (Å²) in [5.41, 5.74) is 9.74. The summed E-state index contributed by atoms with van der Waals surface area (Å²) < 4.78 is 2.11. The average molecular weight is 193 g/mol. The van der Waals surface area contributed by atoms with Gasteiger partial charge in [0.2, 0.25) is 0 Å². The summed E-state index contributed by atoms with van der Waals surface area (Å²) in [5, 5.41) is 4.57. The molecule has 0 saturated heterocycles. The van der Waals surface area contributed by atoms with E-state index in [1.807, 2.05) is 0 Å². The van der Waals surface area contributed by atoms with Crippen LogP contribution in [-0.2, 0) is 0 Å². The zero-order chi connectivity index (χ0) is 10.5. The maximum Gasteiger partial charge on any atom is 0.0632 e. The normalized spacial score (nSPS) is 25.9. The molecule has 2 atom stereocenters. The Morgan fingerprint density at radius 3 is 2.36 bits per heavy atom. The average Bonchev–Trinajstić information content (AvgIpc) is 2.69. The van der Waals surface area contributed by atoms with Crippen LogP contribution < -0.4 is 5.73 Å². The van der Waals surface area contributed by atoms with E-state index in [2.05, 4.69) is 37.5 Å². The van der Waals surface area contributed by atoms with Gasteiger partial charge in [-0.3, -0.25) is 4.68 Å². The molecule has 1 aliphatic rings. The number of aryl methyl sites for hydroxylation is 1. The minimum absolute atomic E-state index is 0.372.